The molecule has 0 bridgehead atoms. The van der Waals surface area contributed by atoms with Gasteiger partial charge in [-0.05, 0) is 23.7 Å². The molecule has 0 unspecified atom stereocenters. The fourth-order valence-electron chi connectivity index (χ4n) is 0.987. The highest BCUT2D eigenvalue weighted by Gasteiger charge is 2.00. The first kappa shape index (κ1) is 6.55. The van der Waals surface area contributed by atoms with Crippen molar-refractivity contribution in [3.8, 4) is 5.75 Å². The maximum absolute atomic E-state index is 9.04. The highest BCUT2D eigenvalue weighted by molar-refractivity contribution is 6.29. The molecule has 56 valence electrons. The largest absolute Gasteiger partial charge is 0.508 e. The van der Waals surface area contributed by atoms with Crippen LogP contribution in [-0.2, 0) is 0 Å². The second kappa shape index (κ2) is 2.17. The van der Waals surface area contributed by atoms with Gasteiger partial charge in [-0.15, -0.1) is 0 Å². The van der Waals surface area contributed by atoms with E-state index < -0.39 is 0 Å². The molecule has 0 saturated heterocycles. The molecule has 1 heterocycles. The van der Waals surface area contributed by atoms with Gasteiger partial charge in [-0.25, -0.2) is 0 Å². The molecule has 0 amide bonds. The molecule has 2 aromatic rings. The minimum absolute atomic E-state index is 0.184. The topological polar surface area (TPSA) is 33.4 Å². The standard InChI is InChI=1S/C8H5ClO2/c9-8-3-5-1-2-6(10)4-7(5)11-8/h1-4,10H. The van der Waals surface area contributed by atoms with Crippen LogP contribution in [0.4, 0.5) is 0 Å². The first-order valence-electron chi connectivity index (χ1n) is 3.14. The number of phenols is 1. The molecule has 0 saturated carbocycles. The Kier molecular flexibility index (Phi) is 1.29. The number of rotatable bonds is 0. The number of fused-ring (bicyclic) bond motifs is 1. The van der Waals surface area contributed by atoms with E-state index >= 15 is 0 Å². The van der Waals surface area contributed by atoms with E-state index in [2.05, 4.69) is 0 Å². The first-order chi connectivity index (χ1) is 5.25. The van der Waals surface area contributed by atoms with Gasteiger partial charge in [-0.1, -0.05) is 0 Å². The Morgan fingerprint density at radius 1 is 1.27 bits per heavy atom. The van der Waals surface area contributed by atoms with Gasteiger partial charge < -0.3 is 9.52 Å². The second-order valence-corrected chi connectivity index (χ2v) is 2.65. The van der Waals surface area contributed by atoms with Gasteiger partial charge in [0.1, 0.15) is 11.3 Å². The minimum Gasteiger partial charge on any atom is -0.508 e. The molecule has 0 radical (unpaired) electrons. The molecule has 2 rings (SSSR count). The van der Waals surface area contributed by atoms with Gasteiger partial charge in [0.05, 0.1) is 0 Å². The molecule has 0 fully saturated rings. The maximum atomic E-state index is 9.04. The summed E-state index contributed by atoms with van der Waals surface area (Å²) in [6.07, 6.45) is 0. The first-order valence-corrected chi connectivity index (χ1v) is 3.51. The quantitative estimate of drug-likeness (QED) is 0.656. The van der Waals surface area contributed by atoms with Crippen LogP contribution in [-0.4, -0.2) is 5.11 Å². The van der Waals surface area contributed by atoms with Crippen LogP contribution in [0.5, 0.6) is 5.75 Å². The van der Waals surface area contributed by atoms with E-state index in [9.17, 15) is 0 Å². The smallest absolute Gasteiger partial charge is 0.194 e. The normalized spacial score (nSPS) is 10.6. The van der Waals surface area contributed by atoms with Crippen molar-refractivity contribution >= 4 is 22.6 Å². The minimum atomic E-state index is 0.184. The van der Waals surface area contributed by atoms with Gasteiger partial charge in [0, 0.05) is 17.5 Å². The molecule has 1 aromatic carbocycles. The Bertz CT molecular complexity index is 392. The van der Waals surface area contributed by atoms with Gasteiger partial charge in [-0.2, -0.15) is 0 Å². The van der Waals surface area contributed by atoms with Gasteiger partial charge in [0.2, 0.25) is 0 Å². The summed E-state index contributed by atoms with van der Waals surface area (Å²) in [7, 11) is 0. The molecular formula is C8H5ClO2. The summed E-state index contributed by atoms with van der Waals surface area (Å²) in [4.78, 5) is 0. The van der Waals surface area contributed by atoms with Crippen LogP contribution in [0.25, 0.3) is 11.0 Å². The van der Waals surface area contributed by atoms with Gasteiger partial charge in [0.25, 0.3) is 0 Å². The number of aromatic hydroxyl groups is 1. The lowest BCUT2D eigenvalue weighted by Gasteiger charge is -1.88. The van der Waals surface area contributed by atoms with Crippen LogP contribution in [0.3, 0.4) is 0 Å². The fraction of sp³-hybridized carbons (Fsp3) is 0. The molecule has 2 nitrogen and oxygen atoms in total. The molecule has 0 aliphatic carbocycles. The Morgan fingerprint density at radius 3 is 2.91 bits per heavy atom. The van der Waals surface area contributed by atoms with E-state index in [1.54, 1.807) is 18.2 Å². The van der Waals surface area contributed by atoms with Crippen LogP contribution in [0, 0.1) is 0 Å². The van der Waals surface area contributed by atoms with Crippen LogP contribution in [0.2, 0.25) is 5.22 Å². The van der Waals surface area contributed by atoms with Crippen molar-refractivity contribution in [1.29, 1.82) is 0 Å². The number of benzene rings is 1. The summed E-state index contributed by atoms with van der Waals surface area (Å²) in [6, 6.07) is 6.58. The lowest BCUT2D eigenvalue weighted by atomic mass is 10.2. The van der Waals surface area contributed by atoms with Crippen molar-refractivity contribution in [3.05, 3.63) is 29.5 Å². The Labute approximate surface area is 68.0 Å². The van der Waals surface area contributed by atoms with Gasteiger partial charge >= 0.3 is 0 Å². The van der Waals surface area contributed by atoms with E-state index in [0.29, 0.717) is 10.8 Å². The highest BCUT2D eigenvalue weighted by atomic mass is 35.5. The average molecular weight is 169 g/mol. The number of phenolic OH excluding ortho intramolecular Hbond substituents is 1. The molecule has 0 atom stereocenters. The zero-order valence-electron chi connectivity index (χ0n) is 5.54. The summed E-state index contributed by atoms with van der Waals surface area (Å²) < 4.78 is 5.05. The van der Waals surface area contributed by atoms with Crippen molar-refractivity contribution in [2.75, 3.05) is 0 Å². The lowest BCUT2D eigenvalue weighted by Crippen LogP contribution is -1.62. The number of halogens is 1. The SMILES string of the molecule is Oc1ccc2cc(Cl)oc2c1. The summed E-state index contributed by atoms with van der Waals surface area (Å²) in [5, 5.41) is 10.3. The maximum Gasteiger partial charge on any atom is 0.194 e. The third kappa shape index (κ3) is 1.05. The Balaban J connectivity index is 2.82. The van der Waals surface area contributed by atoms with E-state index in [4.69, 9.17) is 21.1 Å². The summed E-state index contributed by atoms with van der Waals surface area (Å²) >= 11 is 5.59. The zero-order chi connectivity index (χ0) is 7.84. The fourth-order valence-corrected chi connectivity index (χ4v) is 1.19. The van der Waals surface area contributed by atoms with Crippen LogP contribution >= 0.6 is 11.6 Å². The number of furan rings is 1. The summed E-state index contributed by atoms with van der Waals surface area (Å²) in [5.41, 5.74) is 0.606. The zero-order valence-corrected chi connectivity index (χ0v) is 6.30. The third-order valence-electron chi connectivity index (χ3n) is 1.47. The number of hydrogen-bond donors (Lipinski definition) is 1. The van der Waals surface area contributed by atoms with E-state index in [0.717, 1.165) is 5.39 Å². The van der Waals surface area contributed by atoms with E-state index in [1.807, 2.05) is 0 Å². The lowest BCUT2D eigenvalue weighted by molar-refractivity contribution is 0.474. The van der Waals surface area contributed by atoms with Gasteiger partial charge in [0.15, 0.2) is 5.22 Å². The molecular weight excluding hydrogens is 164 g/mol. The van der Waals surface area contributed by atoms with Crippen molar-refractivity contribution in [2.24, 2.45) is 0 Å². The molecule has 1 N–H and O–H groups in total. The van der Waals surface area contributed by atoms with Crippen molar-refractivity contribution in [3.63, 3.8) is 0 Å². The molecule has 0 aliphatic rings. The third-order valence-corrected chi connectivity index (χ3v) is 1.66. The molecule has 0 spiro atoms. The van der Waals surface area contributed by atoms with Crippen molar-refractivity contribution in [2.45, 2.75) is 0 Å². The average Bonchev–Trinajstić information content (AvgIpc) is 2.27. The monoisotopic (exact) mass is 168 g/mol. The van der Waals surface area contributed by atoms with Crippen LogP contribution < -0.4 is 0 Å². The van der Waals surface area contributed by atoms with Crippen LogP contribution in [0.1, 0.15) is 0 Å². The molecule has 1 aromatic heterocycles. The van der Waals surface area contributed by atoms with E-state index in [-0.39, 0.29) is 5.75 Å². The van der Waals surface area contributed by atoms with Crippen LogP contribution in [0.15, 0.2) is 28.7 Å². The summed E-state index contributed by atoms with van der Waals surface area (Å²) in [5.74, 6) is 0.184. The Morgan fingerprint density at radius 2 is 2.09 bits per heavy atom. The Hall–Kier alpha value is -1.15. The summed E-state index contributed by atoms with van der Waals surface area (Å²) in [6.45, 7) is 0. The van der Waals surface area contributed by atoms with Crippen molar-refractivity contribution < 1.29 is 9.52 Å². The second-order valence-electron chi connectivity index (χ2n) is 2.27. The number of hydrogen-bond acceptors (Lipinski definition) is 2. The highest BCUT2D eigenvalue weighted by Crippen LogP contribution is 2.25. The predicted octanol–water partition coefficient (Wildman–Crippen LogP) is 2.79. The predicted molar refractivity (Wildman–Crippen MR) is 42.9 cm³/mol. The molecule has 0 aliphatic heterocycles. The van der Waals surface area contributed by atoms with Gasteiger partial charge in [-0.3, -0.25) is 0 Å². The van der Waals surface area contributed by atoms with Crippen molar-refractivity contribution in [1.82, 2.24) is 0 Å². The molecule has 3 heteroatoms. The van der Waals surface area contributed by atoms with E-state index in [1.165, 1.54) is 6.07 Å². The molecule has 11 heavy (non-hydrogen) atoms.